The van der Waals surface area contributed by atoms with E-state index in [0.29, 0.717) is 24.6 Å². The van der Waals surface area contributed by atoms with E-state index in [2.05, 4.69) is 6.92 Å². The molecule has 0 amide bonds. The molecule has 0 aliphatic heterocycles. The van der Waals surface area contributed by atoms with Gasteiger partial charge < -0.3 is 10.5 Å². The van der Waals surface area contributed by atoms with E-state index in [1.807, 2.05) is 6.07 Å². The van der Waals surface area contributed by atoms with E-state index in [1.165, 1.54) is 25.3 Å². The summed E-state index contributed by atoms with van der Waals surface area (Å²) in [6, 6.07) is 5.11. The molecule has 2 nitrogen and oxygen atoms in total. The predicted molar refractivity (Wildman–Crippen MR) is 75.8 cm³/mol. The maximum absolute atomic E-state index is 14.0. The van der Waals surface area contributed by atoms with E-state index in [0.717, 1.165) is 18.4 Å². The van der Waals surface area contributed by atoms with E-state index in [4.69, 9.17) is 10.5 Å². The average molecular weight is 265 g/mol. The van der Waals surface area contributed by atoms with E-state index >= 15 is 0 Å². The zero-order valence-electron chi connectivity index (χ0n) is 11.7. The highest BCUT2D eigenvalue weighted by atomic mass is 19.1. The van der Waals surface area contributed by atoms with Crippen molar-refractivity contribution in [3.8, 4) is 5.75 Å². The third-order valence-corrected chi connectivity index (χ3v) is 4.10. The first-order chi connectivity index (χ1) is 9.26. The van der Waals surface area contributed by atoms with Gasteiger partial charge in [0.1, 0.15) is 6.10 Å². The van der Waals surface area contributed by atoms with Gasteiger partial charge in [-0.15, -0.1) is 0 Å². The van der Waals surface area contributed by atoms with Gasteiger partial charge in [0, 0.05) is 0 Å². The Bertz CT molecular complexity index is 408. The first-order valence-corrected chi connectivity index (χ1v) is 7.40. The standard InChI is InChI=1S/C16H24FNO/c1-2-12-6-3-4-9-15(12)19-16-13(10-11-18)7-5-8-14(16)17/h5,7-8,12,15H,2-4,6,9-11,18H2,1H3. The molecule has 0 spiro atoms. The zero-order valence-corrected chi connectivity index (χ0v) is 11.7. The van der Waals surface area contributed by atoms with Crippen molar-refractivity contribution in [2.45, 2.75) is 51.6 Å². The summed E-state index contributed by atoms with van der Waals surface area (Å²) in [5.74, 6) is 0.726. The smallest absolute Gasteiger partial charge is 0.165 e. The monoisotopic (exact) mass is 265 g/mol. The fraction of sp³-hybridized carbons (Fsp3) is 0.625. The molecule has 0 heterocycles. The van der Waals surface area contributed by atoms with Gasteiger partial charge in [-0.2, -0.15) is 0 Å². The maximum atomic E-state index is 14.0. The van der Waals surface area contributed by atoms with E-state index < -0.39 is 0 Å². The number of ether oxygens (including phenoxy) is 1. The minimum atomic E-state index is -0.258. The molecule has 3 heteroatoms. The second kappa shape index (κ2) is 6.90. The van der Waals surface area contributed by atoms with Gasteiger partial charge in [-0.1, -0.05) is 25.5 Å². The van der Waals surface area contributed by atoms with Crippen molar-refractivity contribution in [1.29, 1.82) is 0 Å². The fourth-order valence-electron chi connectivity index (χ4n) is 2.99. The Morgan fingerprint density at radius 2 is 2.11 bits per heavy atom. The number of para-hydroxylation sites is 1. The third-order valence-electron chi connectivity index (χ3n) is 4.10. The van der Waals surface area contributed by atoms with Crippen LogP contribution in [0.2, 0.25) is 0 Å². The number of nitrogens with two attached hydrogens (primary N) is 1. The molecule has 1 aromatic rings. The molecule has 106 valence electrons. The van der Waals surface area contributed by atoms with Gasteiger partial charge in [0.15, 0.2) is 11.6 Å². The normalized spacial score (nSPS) is 23.3. The Kier molecular flexibility index (Phi) is 5.20. The summed E-state index contributed by atoms with van der Waals surface area (Å²) < 4.78 is 20.0. The second-order valence-electron chi connectivity index (χ2n) is 5.38. The molecule has 0 bridgehead atoms. The number of hydrogen-bond donors (Lipinski definition) is 1. The lowest BCUT2D eigenvalue weighted by atomic mass is 9.84. The summed E-state index contributed by atoms with van der Waals surface area (Å²) in [6.45, 7) is 2.70. The Morgan fingerprint density at radius 1 is 1.32 bits per heavy atom. The quantitative estimate of drug-likeness (QED) is 0.881. The molecule has 1 fully saturated rings. The summed E-state index contributed by atoms with van der Waals surface area (Å²) in [4.78, 5) is 0. The molecule has 2 unspecified atom stereocenters. The van der Waals surface area contributed by atoms with Crippen molar-refractivity contribution in [2.24, 2.45) is 11.7 Å². The molecule has 1 aliphatic rings. The van der Waals surface area contributed by atoms with Crippen LogP contribution in [0, 0.1) is 11.7 Å². The molecule has 19 heavy (non-hydrogen) atoms. The van der Waals surface area contributed by atoms with Crippen molar-refractivity contribution in [2.75, 3.05) is 6.54 Å². The van der Waals surface area contributed by atoms with Crippen LogP contribution in [0.4, 0.5) is 4.39 Å². The molecular formula is C16H24FNO. The molecule has 1 aromatic carbocycles. The van der Waals surface area contributed by atoms with Crippen LogP contribution >= 0.6 is 0 Å². The van der Waals surface area contributed by atoms with Crippen LogP contribution in [0.5, 0.6) is 5.75 Å². The first-order valence-electron chi connectivity index (χ1n) is 7.40. The number of hydrogen-bond acceptors (Lipinski definition) is 2. The number of benzene rings is 1. The van der Waals surface area contributed by atoms with Crippen LogP contribution in [0.15, 0.2) is 18.2 Å². The van der Waals surface area contributed by atoms with Crippen LogP contribution in [-0.4, -0.2) is 12.6 Å². The number of rotatable bonds is 5. The summed E-state index contributed by atoms with van der Waals surface area (Å²) in [7, 11) is 0. The van der Waals surface area contributed by atoms with Crippen molar-refractivity contribution >= 4 is 0 Å². The number of halogens is 1. The van der Waals surface area contributed by atoms with Crippen molar-refractivity contribution < 1.29 is 9.13 Å². The maximum Gasteiger partial charge on any atom is 0.165 e. The molecule has 0 saturated heterocycles. The SMILES string of the molecule is CCC1CCCCC1Oc1c(F)cccc1CCN. The Labute approximate surface area is 115 Å². The molecule has 2 N–H and O–H groups in total. The molecule has 1 aliphatic carbocycles. The van der Waals surface area contributed by atoms with Gasteiger partial charge >= 0.3 is 0 Å². The summed E-state index contributed by atoms with van der Waals surface area (Å²) in [5.41, 5.74) is 6.48. The molecule has 2 rings (SSSR count). The van der Waals surface area contributed by atoms with Gasteiger partial charge in [-0.25, -0.2) is 4.39 Å². The average Bonchev–Trinajstić information content (AvgIpc) is 2.43. The highest BCUT2D eigenvalue weighted by molar-refractivity contribution is 5.35. The van der Waals surface area contributed by atoms with Crippen molar-refractivity contribution in [1.82, 2.24) is 0 Å². The summed E-state index contributed by atoms with van der Waals surface area (Å²) in [5, 5.41) is 0. The van der Waals surface area contributed by atoms with Crippen LogP contribution in [0.25, 0.3) is 0 Å². The minimum Gasteiger partial charge on any atom is -0.487 e. The van der Waals surface area contributed by atoms with Gasteiger partial charge in [0.2, 0.25) is 0 Å². The van der Waals surface area contributed by atoms with E-state index in [-0.39, 0.29) is 11.9 Å². The molecule has 1 saturated carbocycles. The lowest BCUT2D eigenvalue weighted by Crippen LogP contribution is -2.30. The first kappa shape index (κ1) is 14.3. The van der Waals surface area contributed by atoms with Gasteiger partial charge in [-0.3, -0.25) is 0 Å². The second-order valence-corrected chi connectivity index (χ2v) is 5.38. The summed E-state index contributed by atoms with van der Waals surface area (Å²) in [6.07, 6.45) is 6.61. The summed E-state index contributed by atoms with van der Waals surface area (Å²) >= 11 is 0. The highest BCUT2D eigenvalue weighted by Crippen LogP contribution is 2.33. The Hall–Kier alpha value is -1.09. The van der Waals surface area contributed by atoms with Crippen molar-refractivity contribution in [3.05, 3.63) is 29.6 Å². The largest absolute Gasteiger partial charge is 0.487 e. The zero-order chi connectivity index (χ0) is 13.7. The van der Waals surface area contributed by atoms with Gasteiger partial charge in [-0.05, 0) is 56.2 Å². The predicted octanol–water partition coefficient (Wildman–Crippen LogP) is 3.67. The Morgan fingerprint density at radius 3 is 2.84 bits per heavy atom. The Balaban J connectivity index is 2.16. The van der Waals surface area contributed by atoms with Crippen LogP contribution in [-0.2, 0) is 6.42 Å². The van der Waals surface area contributed by atoms with E-state index in [1.54, 1.807) is 6.07 Å². The van der Waals surface area contributed by atoms with Gasteiger partial charge in [0.05, 0.1) is 0 Å². The topological polar surface area (TPSA) is 35.2 Å². The van der Waals surface area contributed by atoms with Gasteiger partial charge in [0.25, 0.3) is 0 Å². The van der Waals surface area contributed by atoms with Crippen LogP contribution < -0.4 is 10.5 Å². The lowest BCUT2D eigenvalue weighted by molar-refractivity contribution is 0.0853. The molecule has 0 aromatic heterocycles. The minimum absolute atomic E-state index is 0.159. The van der Waals surface area contributed by atoms with Crippen LogP contribution in [0.3, 0.4) is 0 Å². The van der Waals surface area contributed by atoms with Crippen LogP contribution in [0.1, 0.15) is 44.6 Å². The third kappa shape index (κ3) is 3.47. The van der Waals surface area contributed by atoms with E-state index in [9.17, 15) is 4.39 Å². The highest BCUT2D eigenvalue weighted by Gasteiger charge is 2.26. The lowest BCUT2D eigenvalue weighted by Gasteiger charge is -2.32. The van der Waals surface area contributed by atoms with Crippen molar-refractivity contribution in [3.63, 3.8) is 0 Å². The fourth-order valence-corrected chi connectivity index (χ4v) is 2.99. The molecule has 0 radical (unpaired) electrons. The molecule has 2 atom stereocenters. The molecular weight excluding hydrogens is 241 g/mol.